The highest BCUT2D eigenvalue weighted by molar-refractivity contribution is 5.77. The van der Waals surface area contributed by atoms with Gasteiger partial charge in [0.15, 0.2) is 0 Å². The van der Waals surface area contributed by atoms with Crippen LogP contribution in [0.5, 0.6) is 0 Å². The topological polar surface area (TPSA) is 45.8 Å². The molecular weight excluding hydrogens is 207 g/mol. The van der Waals surface area contributed by atoms with E-state index in [-0.39, 0.29) is 5.39 Å². The SMILES string of the molecule is CC.CCc1nc2cccc(F)c2c(=O)[nH]1. The van der Waals surface area contributed by atoms with E-state index in [1.54, 1.807) is 12.1 Å². The van der Waals surface area contributed by atoms with Crippen LogP contribution in [0.15, 0.2) is 23.0 Å². The van der Waals surface area contributed by atoms with Crippen molar-refractivity contribution >= 4 is 10.9 Å². The maximum atomic E-state index is 13.2. The fourth-order valence-electron chi connectivity index (χ4n) is 1.37. The maximum absolute atomic E-state index is 13.2. The molecule has 0 spiro atoms. The number of aryl methyl sites for hydroxylation is 1. The van der Waals surface area contributed by atoms with Crippen molar-refractivity contribution in [3.63, 3.8) is 0 Å². The first-order valence-corrected chi connectivity index (χ1v) is 5.39. The normalized spacial score (nSPS) is 9.75. The molecule has 0 aliphatic heterocycles. The zero-order valence-electron chi connectivity index (χ0n) is 9.67. The first kappa shape index (κ1) is 12.4. The van der Waals surface area contributed by atoms with Gasteiger partial charge in [-0.15, -0.1) is 0 Å². The number of hydrogen-bond acceptors (Lipinski definition) is 2. The molecule has 0 saturated carbocycles. The standard InChI is InChI=1S/C10H9FN2O.C2H6/c1-2-8-12-7-5-3-4-6(11)9(7)10(14)13-8;1-2/h3-5H,2H2,1H3,(H,12,13,14);1-2H3. The van der Waals surface area contributed by atoms with E-state index in [1.165, 1.54) is 6.07 Å². The third kappa shape index (κ3) is 2.27. The van der Waals surface area contributed by atoms with Gasteiger partial charge in [-0.3, -0.25) is 4.79 Å². The van der Waals surface area contributed by atoms with Crippen LogP contribution < -0.4 is 5.56 Å². The summed E-state index contributed by atoms with van der Waals surface area (Å²) >= 11 is 0. The Morgan fingerprint density at radius 2 is 2.06 bits per heavy atom. The first-order chi connectivity index (χ1) is 7.72. The number of aromatic amines is 1. The predicted molar refractivity (Wildman–Crippen MR) is 63.0 cm³/mol. The summed E-state index contributed by atoms with van der Waals surface area (Å²) in [6, 6.07) is 4.43. The first-order valence-electron chi connectivity index (χ1n) is 5.39. The summed E-state index contributed by atoms with van der Waals surface area (Å²) in [6.07, 6.45) is 0.627. The van der Waals surface area contributed by atoms with Crippen LogP contribution in [0.4, 0.5) is 4.39 Å². The van der Waals surface area contributed by atoms with E-state index in [0.29, 0.717) is 17.8 Å². The van der Waals surface area contributed by atoms with Crippen molar-refractivity contribution in [1.29, 1.82) is 0 Å². The van der Waals surface area contributed by atoms with Crippen LogP contribution in [-0.2, 0) is 6.42 Å². The number of rotatable bonds is 1. The molecule has 0 amide bonds. The molecule has 0 fully saturated rings. The second-order valence-corrected chi connectivity index (χ2v) is 3.00. The van der Waals surface area contributed by atoms with Gasteiger partial charge in [-0.25, -0.2) is 9.37 Å². The van der Waals surface area contributed by atoms with Gasteiger partial charge in [-0.1, -0.05) is 26.8 Å². The van der Waals surface area contributed by atoms with Crippen molar-refractivity contribution in [3.05, 3.63) is 40.2 Å². The number of fused-ring (bicyclic) bond motifs is 1. The Bertz CT molecular complexity index is 534. The number of benzene rings is 1. The van der Waals surface area contributed by atoms with Crippen molar-refractivity contribution in [2.75, 3.05) is 0 Å². The van der Waals surface area contributed by atoms with Crippen LogP contribution >= 0.6 is 0 Å². The van der Waals surface area contributed by atoms with Crippen molar-refractivity contribution in [3.8, 4) is 0 Å². The highest BCUT2D eigenvalue weighted by Gasteiger charge is 2.06. The van der Waals surface area contributed by atoms with Gasteiger partial charge in [0, 0.05) is 6.42 Å². The molecule has 1 heterocycles. The maximum Gasteiger partial charge on any atom is 0.261 e. The molecule has 0 aliphatic carbocycles. The highest BCUT2D eigenvalue weighted by Crippen LogP contribution is 2.10. The minimum absolute atomic E-state index is 0.0321. The minimum atomic E-state index is -0.529. The lowest BCUT2D eigenvalue weighted by Crippen LogP contribution is -2.12. The van der Waals surface area contributed by atoms with E-state index in [1.807, 2.05) is 20.8 Å². The number of aromatic nitrogens is 2. The molecule has 3 nitrogen and oxygen atoms in total. The van der Waals surface area contributed by atoms with E-state index in [0.717, 1.165) is 0 Å². The zero-order valence-corrected chi connectivity index (χ0v) is 9.67. The Balaban J connectivity index is 0.000000606. The van der Waals surface area contributed by atoms with Crippen molar-refractivity contribution in [1.82, 2.24) is 9.97 Å². The smallest absolute Gasteiger partial charge is 0.261 e. The van der Waals surface area contributed by atoms with Gasteiger partial charge in [0.1, 0.15) is 17.0 Å². The molecular formula is C12H15FN2O. The van der Waals surface area contributed by atoms with Crippen LogP contribution in [0, 0.1) is 5.82 Å². The van der Waals surface area contributed by atoms with Crippen LogP contribution in [-0.4, -0.2) is 9.97 Å². The van der Waals surface area contributed by atoms with Crippen molar-refractivity contribution in [2.45, 2.75) is 27.2 Å². The van der Waals surface area contributed by atoms with Crippen LogP contribution in [0.2, 0.25) is 0 Å². The molecule has 86 valence electrons. The van der Waals surface area contributed by atoms with Gasteiger partial charge in [0.25, 0.3) is 5.56 Å². The summed E-state index contributed by atoms with van der Waals surface area (Å²) in [7, 11) is 0. The summed E-state index contributed by atoms with van der Waals surface area (Å²) in [4.78, 5) is 18.1. The molecule has 0 unspecified atom stereocenters. The molecule has 1 aromatic heterocycles. The largest absolute Gasteiger partial charge is 0.310 e. The Kier molecular flexibility index (Phi) is 4.17. The Morgan fingerprint density at radius 1 is 1.38 bits per heavy atom. The zero-order chi connectivity index (χ0) is 12.1. The van der Waals surface area contributed by atoms with Crippen LogP contribution in [0.25, 0.3) is 10.9 Å². The summed E-state index contributed by atoms with van der Waals surface area (Å²) in [5, 5.41) is 0.0321. The average molecular weight is 222 g/mol. The fourth-order valence-corrected chi connectivity index (χ4v) is 1.37. The molecule has 0 atom stereocenters. The second kappa shape index (κ2) is 5.39. The lowest BCUT2D eigenvalue weighted by atomic mass is 10.2. The Morgan fingerprint density at radius 3 is 2.69 bits per heavy atom. The lowest BCUT2D eigenvalue weighted by molar-refractivity contribution is 0.638. The number of halogens is 1. The van der Waals surface area contributed by atoms with Gasteiger partial charge >= 0.3 is 0 Å². The fraction of sp³-hybridized carbons (Fsp3) is 0.333. The summed E-state index contributed by atoms with van der Waals surface area (Å²) in [6.45, 7) is 5.88. The molecule has 16 heavy (non-hydrogen) atoms. The molecule has 1 aromatic carbocycles. The molecule has 0 saturated heterocycles. The van der Waals surface area contributed by atoms with Crippen LogP contribution in [0.3, 0.4) is 0 Å². The molecule has 4 heteroatoms. The van der Waals surface area contributed by atoms with Crippen molar-refractivity contribution < 1.29 is 4.39 Å². The number of nitrogens with one attached hydrogen (secondary N) is 1. The van der Waals surface area contributed by atoms with Crippen molar-refractivity contribution in [2.24, 2.45) is 0 Å². The van der Waals surface area contributed by atoms with Gasteiger partial charge in [0.2, 0.25) is 0 Å². The van der Waals surface area contributed by atoms with E-state index >= 15 is 0 Å². The second-order valence-electron chi connectivity index (χ2n) is 3.00. The molecule has 1 N–H and O–H groups in total. The van der Waals surface area contributed by atoms with Crippen LogP contribution in [0.1, 0.15) is 26.6 Å². The van der Waals surface area contributed by atoms with E-state index in [2.05, 4.69) is 9.97 Å². The Labute approximate surface area is 93.3 Å². The summed E-state index contributed by atoms with van der Waals surface area (Å²) < 4.78 is 13.2. The number of hydrogen-bond donors (Lipinski definition) is 1. The highest BCUT2D eigenvalue weighted by atomic mass is 19.1. The van der Waals surface area contributed by atoms with E-state index in [4.69, 9.17) is 0 Å². The Hall–Kier alpha value is -1.71. The lowest BCUT2D eigenvalue weighted by Gasteiger charge is -2.00. The van der Waals surface area contributed by atoms with E-state index < -0.39 is 11.4 Å². The third-order valence-corrected chi connectivity index (χ3v) is 2.07. The quantitative estimate of drug-likeness (QED) is 0.806. The molecule has 0 radical (unpaired) electrons. The minimum Gasteiger partial charge on any atom is -0.310 e. The van der Waals surface area contributed by atoms with Gasteiger partial charge < -0.3 is 4.98 Å². The number of nitrogens with zero attached hydrogens (tertiary/aromatic N) is 1. The number of H-pyrrole nitrogens is 1. The van der Waals surface area contributed by atoms with Gasteiger partial charge in [-0.2, -0.15) is 0 Å². The van der Waals surface area contributed by atoms with Gasteiger partial charge in [-0.05, 0) is 12.1 Å². The monoisotopic (exact) mass is 222 g/mol. The summed E-state index contributed by atoms with van der Waals surface area (Å²) in [5.74, 6) is 0.0482. The summed E-state index contributed by atoms with van der Waals surface area (Å²) in [5.41, 5.74) is -0.00412. The molecule has 2 aromatic rings. The third-order valence-electron chi connectivity index (χ3n) is 2.07. The molecule has 0 aliphatic rings. The molecule has 0 bridgehead atoms. The average Bonchev–Trinajstić information content (AvgIpc) is 2.31. The van der Waals surface area contributed by atoms with Gasteiger partial charge in [0.05, 0.1) is 5.52 Å². The molecule has 2 rings (SSSR count). The van der Waals surface area contributed by atoms with E-state index in [9.17, 15) is 9.18 Å². The predicted octanol–water partition coefficient (Wildman–Crippen LogP) is 2.65.